The number of nitrogens with one attached hydrogen (secondary N) is 2. The van der Waals surface area contributed by atoms with Gasteiger partial charge in [-0.25, -0.2) is 4.79 Å². The molecular formula is C11H16F3N3OS. The van der Waals surface area contributed by atoms with E-state index in [1.165, 1.54) is 23.3 Å². The number of urea groups is 1. The molecule has 0 aliphatic carbocycles. The number of hydrogen-bond acceptors (Lipinski definition) is 3. The molecule has 1 aromatic heterocycles. The molecule has 0 aromatic carbocycles. The highest BCUT2D eigenvalue weighted by Gasteiger charge is 2.28. The average Bonchev–Trinajstić information content (AvgIpc) is 2.74. The topological polar surface area (TPSA) is 44.4 Å². The zero-order valence-electron chi connectivity index (χ0n) is 10.5. The van der Waals surface area contributed by atoms with E-state index >= 15 is 0 Å². The van der Waals surface area contributed by atoms with Crippen molar-refractivity contribution in [2.75, 3.05) is 32.0 Å². The highest BCUT2D eigenvalue weighted by Crippen LogP contribution is 2.15. The summed E-state index contributed by atoms with van der Waals surface area (Å²) in [6.07, 6.45) is -3.72. The Morgan fingerprint density at radius 1 is 1.47 bits per heavy atom. The highest BCUT2D eigenvalue weighted by atomic mass is 32.1. The molecule has 0 saturated heterocycles. The van der Waals surface area contributed by atoms with Crippen molar-refractivity contribution < 1.29 is 18.0 Å². The van der Waals surface area contributed by atoms with Crippen LogP contribution in [0.2, 0.25) is 0 Å². The highest BCUT2D eigenvalue weighted by molar-refractivity contribution is 7.08. The standard InChI is InChI=1S/C11H16F3N3OS/c1-17(8-11(12,13)14)5-2-4-15-10(18)16-9-3-6-19-7-9/h3,6-7H,2,4-5,8H2,1H3,(H2,15,16,18). The predicted octanol–water partition coefficient (Wildman–Crippen LogP) is 2.75. The quantitative estimate of drug-likeness (QED) is 0.793. The molecule has 0 aliphatic heterocycles. The van der Waals surface area contributed by atoms with Crippen LogP contribution >= 0.6 is 11.3 Å². The lowest BCUT2D eigenvalue weighted by atomic mass is 10.4. The van der Waals surface area contributed by atoms with Crippen LogP contribution in [0, 0.1) is 0 Å². The Bertz CT molecular complexity index is 381. The van der Waals surface area contributed by atoms with Gasteiger partial charge in [0.1, 0.15) is 0 Å². The molecule has 0 unspecified atom stereocenters. The second kappa shape index (κ2) is 7.34. The van der Waals surface area contributed by atoms with Crippen molar-refractivity contribution >= 4 is 23.1 Å². The molecule has 0 spiro atoms. The number of alkyl halides is 3. The van der Waals surface area contributed by atoms with Crippen LogP contribution in [0.1, 0.15) is 6.42 Å². The van der Waals surface area contributed by atoms with E-state index in [2.05, 4.69) is 10.6 Å². The number of nitrogens with zero attached hydrogens (tertiary/aromatic N) is 1. The Morgan fingerprint density at radius 2 is 2.21 bits per heavy atom. The summed E-state index contributed by atoms with van der Waals surface area (Å²) in [5.41, 5.74) is 0.705. The lowest BCUT2D eigenvalue weighted by Crippen LogP contribution is -2.34. The number of rotatable bonds is 6. The number of thiophene rings is 1. The first-order valence-electron chi connectivity index (χ1n) is 5.69. The predicted molar refractivity (Wildman–Crippen MR) is 69.5 cm³/mol. The summed E-state index contributed by atoms with van der Waals surface area (Å²) in [6, 6.07) is 1.42. The van der Waals surface area contributed by atoms with E-state index in [9.17, 15) is 18.0 Å². The lowest BCUT2D eigenvalue weighted by Gasteiger charge is -2.18. The third kappa shape index (κ3) is 7.68. The van der Waals surface area contributed by atoms with Gasteiger partial charge < -0.3 is 10.6 Å². The number of carbonyl (C=O) groups excluding carboxylic acids is 1. The summed E-state index contributed by atoms with van der Waals surface area (Å²) >= 11 is 1.46. The van der Waals surface area contributed by atoms with E-state index < -0.39 is 12.7 Å². The summed E-state index contributed by atoms with van der Waals surface area (Å²) in [7, 11) is 1.40. The molecule has 108 valence electrons. The van der Waals surface area contributed by atoms with Crippen LogP contribution in [0.3, 0.4) is 0 Å². The molecule has 0 aliphatic rings. The fraction of sp³-hybridized carbons (Fsp3) is 0.545. The first-order chi connectivity index (χ1) is 8.87. The molecule has 0 atom stereocenters. The van der Waals surface area contributed by atoms with Gasteiger partial charge in [0.25, 0.3) is 0 Å². The third-order valence-electron chi connectivity index (χ3n) is 2.23. The molecule has 2 N–H and O–H groups in total. The maximum absolute atomic E-state index is 12.0. The van der Waals surface area contributed by atoms with Crippen LogP contribution in [0.25, 0.3) is 0 Å². The Kier molecular flexibility index (Phi) is 6.10. The Morgan fingerprint density at radius 3 is 2.79 bits per heavy atom. The molecule has 19 heavy (non-hydrogen) atoms. The zero-order valence-corrected chi connectivity index (χ0v) is 11.3. The van der Waals surface area contributed by atoms with Crippen molar-refractivity contribution in [3.05, 3.63) is 16.8 Å². The molecule has 0 radical (unpaired) electrons. The van der Waals surface area contributed by atoms with E-state index in [0.29, 0.717) is 18.7 Å². The van der Waals surface area contributed by atoms with Gasteiger partial charge in [-0.15, -0.1) is 0 Å². The maximum Gasteiger partial charge on any atom is 0.401 e. The third-order valence-corrected chi connectivity index (χ3v) is 2.91. The van der Waals surface area contributed by atoms with Crippen molar-refractivity contribution in [2.24, 2.45) is 0 Å². The van der Waals surface area contributed by atoms with E-state index in [-0.39, 0.29) is 12.6 Å². The van der Waals surface area contributed by atoms with Gasteiger partial charge >= 0.3 is 12.2 Å². The minimum Gasteiger partial charge on any atom is -0.338 e. The van der Waals surface area contributed by atoms with E-state index in [0.717, 1.165) is 0 Å². The van der Waals surface area contributed by atoms with Crippen LogP contribution in [-0.4, -0.2) is 43.8 Å². The van der Waals surface area contributed by atoms with Crippen LogP contribution in [0.15, 0.2) is 16.8 Å². The number of amides is 2. The minimum absolute atomic E-state index is 0.276. The number of halogens is 3. The van der Waals surface area contributed by atoms with Crippen LogP contribution in [0.4, 0.5) is 23.7 Å². The van der Waals surface area contributed by atoms with Gasteiger partial charge in [-0.3, -0.25) is 4.90 Å². The molecule has 1 heterocycles. The van der Waals surface area contributed by atoms with Crippen molar-refractivity contribution in [1.82, 2.24) is 10.2 Å². The van der Waals surface area contributed by atoms with Gasteiger partial charge in [-0.1, -0.05) is 0 Å². The fourth-order valence-electron chi connectivity index (χ4n) is 1.45. The summed E-state index contributed by atoms with van der Waals surface area (Å²) in [4.78, 5) is 12.6. The first-order valence-corrected chi connectivity index (χ1v) is 6.63. The summed E-state index contributed by atoms with van der Waals surface area (Å²) in [5, 5.41) is 8.82. The summed E-state index contributed by atoms with van der Waals surface area (Å²) in [6.45, 7) is -0.329. The van der Waals surface area contributed by atoms with Gasteiger partial charge in [-0.05, 0) is 31.5 Å². The van der Waals surface area contributed by atoms with E-state index in [1.807, 2.05) is 5.38 Å². The van der Waals surface area contributed by atoms with Crippen LogP contribution < -0.4 is 10.6 Å². The smallest absolute Gasteiger partial charge is 0.338 e. The summed E-state index contributed by atoms with van der Waals surface area (Å²) in [5.74, 6) is 0. The fourth-order valence-corrected chi connectivity index (χ4v) is 2.03. The Labute approximate surface area is 113 Å². The van der Waals surface area contributed by atoms with Gasteiger partial charge in [-0.2, -0.15) is 24.5 Å². The minimum atomic E-state index is -4.18. The number of anilines is 1. The molecule has 1 aromatic rings. The van der Waals surface area contributed by atoms with E-state index in [1.54, 1.807) is 11.4 Å². The molecule has 8 heteroatoms. The molecule has 2 amide bonds. The molecule has 1 rings (SSSR count). The van der Waals surface area contributed by atoms with Gasteiger partial charge in [0.15, 0.2) is 0 Å². The molecule has 0 saturated carbocycles. The monoisotopic (exact) mass is 295 g/mol. The molecule has 4 nitrogen and oxygen atoms in total. The lowest BCUT2D eigenvalue weighted by molar-refractivity contribution is -0.143. The van der Waals surface area contributed by atoms with Crippen LogP contribution in [-0.2, 0) is 0 Å². The molecule has 0 fully saturated rings. The SMILES string of the molecule is CN(CCCNC(=O)Nc1ccsc1)CC(F)(F)F. The van der Waals surface area contributed by atoms with Crippen molar-refractivity contribution in [1.29, 1.82) is 0 Å². The van der Waals surface area contributed by atoms with Gasteiger partial charge in [0.05, 0.1) is 12.2 Å². The zero-order chi connectivity index (χ0) is 14.3. The Balaban J connectivity index is 2.09. The second-order valence-electron chi connectivity index (χ2n) is 4.10. The molecular weight excluding hydrogens is 279 g/mol. The maximum atomic E-state index is 12.0. The number of carbonyl (C=O) groups is 1. The van der Waals surface area contributed by atoms with Crippen molar-refractivity contribution in [2.45, 2.75) is 12.6 Å². The largest absolute Gasteiger partial charge is 0.401 e. The Hall–Kier alpha value is -1.28. The number of hydrogen-bond donors (Lipinski definition) is 2. The first kappa shape index (κ1) is 15.8. The normalized spacial score (nSPS) is 11.6. The van der Waals surface area contributed by atoms with Crippen molar-refractivity contribution in [3.8, 4) is 0 Å². The van der Waals surface area contributed by atoms with Crippen LogP contribution in [0.5, 0.6) is 0 Å². The molecule has 0 bridgehead atoms. The van der Waals surface area contributed by atoms with E-state index in [4.69, 9.17) is 0 Å². The summed E-state index contributed by atoms with van der Waals surface area (Å²) < 4.78 is 36.1. The van der Waals surface area contributed by atoms with Crippen molar-refractivity contribution in [3.63, 3.8) is 0 Å². The average molecular weight is 295 g/mol. The van der Waals surface area contributed by atoms with Gasteiger partial charge in [0.2, 0.25) is 0 Å². The van der Waals surface area contributed by atoms with Gasteiger partial charge in [0, 0.05) is 11.9 Å². The second-order valence-corrected chi connectivity index (χ2v) is 4.88.